The van der Waals surface area contributed by atoms with Gasteiger partial charge in [-0.2, -0.15) is 0 Å². The summed E-state index contributed by atoms with van der Waals surface area (Å²) in [4.78, 5) is 37.6. The zero-order valence-electron chi connectivity index (χ0n) is 16.0. The lowest BCUT2D eigenvalue weighted by Crippen LogP contribution is -2.26. The van der Waals surface area contributed by atoms with Gasteiger partial charge in [0.15, 0.2) is 0 Å². The van der Waals surface area contributed by atoms with E-state index < -0.39 is 6.03 Å². The van der Waals surface area contributed by atoms with Crippen molar-refractivity contribution in [3.05, 3.63) is 77.2 Å². The van der Waals surface area contributed by atoms with Gasteiger partial charge in [-0.25, -0.2) is 4.79 Å². The second-order valence-electron chi connectivity index (χ2n) is 6.86. The molecule has 3 aromatic rings. The van der Waals surface area contributed by atoms with Crippen molar-refractivity contribution in [2.24, 2.45) is 0 Å². The van der Waals surface area contributed by atoms with Gasteiger partial charge in [0.25, 0.3) is 11.8 Å². The van der Waals surface area contributed by atoms with E-state index >= 15 is 0 Å². The zero-order valence-corrected chi connectivity index (χ0v) is 16.8. The lowest BCUT2D eigenvalue weighted by molar-refractivity contribution is 0.0952. The quantitative estimate of drug-likeness (QED) is 0.471. The van der Waals surface area contributed by atoms with E-state index in [1.165, 1.54) is 0 Å². The van der Waals surface area contributed by atoms with Gasteiger partial charge in [0.05, 0.1) is 21.1 Å². The smallest absolute Gasteiger partial charge is 0.324 e. The predicted molar refractivity (Wildman–Crippen MR) is 118 cm³/mol. The third-order valence-corrected chi connectivity index (χ3v) is 5.43. The zero-order chi connectivity index (χ0) is 20.9. The highest BCUT2D eigenvalue weighted by Gasteiger charge is 2.25. The minimum atomic E-state index is -0.392. The Morgan fingerprint density at radius 1 is 0.767 bits per heavy atom. The van der Waals surface area contributed by atoms with E-state index in [1.54, 1.807) is 48.5 Å². The number of hydrogen-bond donors (Lipinski definition) is 4. The fraction of sp³-hybridized carbons (Fsp3) is 0.136. The van der Waals surface area contributed by atoms with Crippen LogP contribution in [0, 0.1) is 0 Å². The molecule has 0 radical (unpaired) electrons. The van der Waals surface area contributed by atoms with E-state index in [2.05, 4.69) is 21.3 Å². The molecule has 1 aromatic heterocycles. The van der Waals surface area contributed by atoms with E-state index in [0.717, 1.165) is 24.2 Å². The minimum Gasteiger partial charge on any atom is -0.349 e. The van der Waals surface area contributed by atoms with Crippen molar-refractivity contribution in [3.8, 4) is 0 Å². The number of hydrogen-bond acceptors (Lipinski definition) is 4. The number of para-hydroxylation sites is 2. The molecule has 1 heterocycles. The summed E-state index contributed by atoms with van der Waals surface area (Å²) < 4.78 is 0. The third kappa shape index (κ3) is 5.03. The highest BCUT2D eigenvalue weighted by molar-refractivity contribution is 7.18. The number of carbonyl (C=O) groups excluding carboxylic acids is 3. The maximum atomic E-state index is 12.7. The Bertz CT molecular complexity index is 1080. The Hall–Kier alpha value is -3.65. The Kier molecular flexibility index (Phi) is 5.76. The number of thiophene rings is 1. The first-order valence-corrected chi connectivity index (χ1v) is 10.3. The molecule has 7 nitrogen and oxygen atoms in total. The summed E-state index contributed by atoms with van der Waals surface area (Å²) >= 11 is 1.15. The van der Waals surface area contributed by atoms with E-state index in [9.17, 15) is 14.4 Å². The summed E-state index contributed by atoms with van der Waals surface area (Å²) in [5.74, 6) is -0.539. The first-order chi connectivity index (χ1) is 14.6. The highest BCUT2D eigenvalue weighted by atomic mass is 32.1. The van der Waals surface area contributed by atoms with Crippen LogP contribution >= 0.6 is 11.3 Å². The molecule has 30 heavy (non-hydrogen) atoms. The molecular weight excluding hydrogens is 400 g/mol. The van der Waals surface area contributed by atoms with Gasteiger partial charge in [0.2, 0.25) is 0 Å². The molecule has 0 unspecified atom stereocenters. The predicted octanol–water partition coefficient (Wildman–Crippen LogP) is 4.54. The SMILES string of the molecule is O=C(Nc1ccccc1)Nc1ccc(C(=O)Nc2ccccc2C(=O)NC2CC2)s1. The molecule has 0 aliphatic heterocycles. The Morgan fingerprint density at radius 2 is 1.50 bits per heavy atom. The number of nitrogens with one attached hydrogen (secondary N) is 4. The number of anilines is 3. The standard InChI is InChI=1S/C22H20N4O3S/c27-20(23-15-10-11-15)16-8-4-5-9-17(16)25-21(28)18-12-13-19(30-18)26-22(29)24-14-6-2-1-3-7-14/h1-9,12-13,15H,10-11H2,(H,23,27)(H,25,28)(H2,24,26,29). The first kappa shape index (κ1) is 19.7. The first-order valence-electron chi connectivity index (χ1n) is 9.52. The van der Waals surface area contributed by atoms with Gasteiger partial charge in [-0.1, -0.05) is 30.3 Å². The second-order valence-corrected chi connectivity index (χ2v) is 7.94. The molecule has 0 saturated heterocycles. The van der Waals surface area contributed by atoms with Crippen molar-refractivity contribution < 1.29 is 14.4 Å². The van der Waals surface area contributed by atoms with Gasteiger partial charge in [0.1, 0.15) is 0 Å². The monoisotopic (exact) mass is 420 g/mol. The van der Waals surface area contributed by atoms with Crippen molar-refractivity contribution in [2.75, 3.05) is 16.0 Å². The molecule has 2 aromatic carbocycles. The van der Waals surface area contributed by atoms with Crippen molar-refractivity contribution in [1.82, 2.24) is 5.32 Å². The summed E-state index contributed by atoms with van der Waals surface area (Å²) in [7, 11) is 0. The van der Waals surface area contributed by atoms with E-state index in [1.807, 2.05) is 18.2 Å². The molecule has 4 N–H and O–H groups in total. The van der Waals surface area contributed by atoms with Gasteiger partial charge in [-0.15, -0.1) is 11.3 Å². The second kappa shape index (κ2) is 8.79. The lowest BCUT2D eigenvalue weighted by atomic mass is 10.1. The Balaban J connectivity index is 1.38. The number of amides is 4. The van der Waals surface area contributed by atoms with E-state index in [0.29, 0.717) is 26.8 Å². The van der Waals surface area contributed by atoms with Crippen LogP contribution in [-0.2, 0) is 0 Å². The van der Waals surface area contributed by atoms with Crippen LogP contribution < -0.4 is 21.3 Å². The third-order valence-electron chi connectivity index (χ3n) is 4.43. The van der Waals surface area contributed by atoms with Crippen LogP contribution in [0.5, 0.6) is 0 Å². The normalized spacial score (nSPS) is 12.7. The molecule has 0 spiro atoms. The molecule has 8 heteroatoms. The number of benzene rings is 2. The van der Waals surface area contributed by atoms with Crippen molar-refractivity contribution in [3.63, 3.8) is 0 Å². The highest BCUT2D eigenvalue weighted by Crippen LogP contribution is 2.25. The maximum Gasteiger partial charge on any atom is 0.324 e. The number of urea groups is 1. The van der Waals surface area contributed by atoms with Gasteiger partial charge < -0.3 is 16.0 Å². The fourth-order valence-electron chi connectivity index (χ4n) is 2.79. The summed E-state index contributed by atoms with van der Waals surface area (Å²) in [6.45, 7) is 0. The topological polar surface area (TPSA) is 99.3 Å². The van der Waals surface area contributed by atoms with Crippen molar-refractivity contribution >= 4 is 45.6 Å². The molecule has 1 aliphatic carbocycles. The maximum absolute atomic E-state index is 12.7. The molecule has 1 fully saturated rings. The van der Waals surface area contributed by atoms with Gasteiger partial charge in [0, 0.05) is 11.7 Å². The Labute approximate surface area is 177 Å². The molecule has 0 atom stereocenters. The molecule has 4 rings (SSSR count). The van der Waals surface area contributed by atoms with E-state index in [4.69, 9.17) is 0 Å². The average molecular weight is 420 g/mol. The summed E-state index contributed by atoms with van der Waals surface area (Å²) in [5, 5.41) is 11.7. The van der Waals surface area contributed by atoms with E-state index in [-0.39, 0.29) is 17.9 Å². The van der Waals surface area contributed by atoms with Gasteiger partial charge >= 0.3 is 6.03 Å². The number of carbonyl (C=O) groups is 3. The summed E-state index contributed by atoms with van der Waals surface area (Å²) in [6, 6.07) is 19.1. The van der Waals surface area contributed by atoms with Crippen LogP contribution in [-0.4, -0.2) is 23.9 Å². The molecular formula is C22H20N4O3S. The van der Waals surface area contributed by atoms with Gasteiger partial charge in [-0.05, 0) is 49.2 Å². The molecule has 1 saturated carbocycles. The number of rotatable bonds is 6. The molecule has 0 bridgehead atoms. The van der Waals surface area contributed by atoms with Crippen LogP contribution in [0.15, 0.2) is 66.7 Å². The summed E-state index contributed by atoms with van der Waals surface area (Å²) in [6.07, 6.45) is 1.98. The lowest BCUT2D eigenvalue weighted by Gasteiger charge is -2.10. The van der Waals surface area contributed by atoms with Gasteiger partial charge in [-0.3, -0.25) is 14.9 Å². The minimum absolute atomic E-state index is 0.195. The van der Waals surface area contributed by atoms with Crippen LogP contribution in [0.25, 0.3) is 0 Å². The van der Waals surface area contributed by atoms with Crippen LogP contribution in [0.4, 0.5) is 21.2 Å². The average Bonchev–Trinajstić information content (AvgIpc) is 3.43. The molecule has 4 amide bonds. The molecule has 1 aliphatic rings. The Morgan fingerprint density at radius 3 is 2.27 bits per heavy atom. The summed E-state index contributed by atoms with van der Waals surface area (Å²) in [5.41, 5.74) is 1.55. The fourth-order valence-corrected chi connectivity index (χ4v) is 3.58. The van der Waals surface area contributed by atoms with Crippen LogP contribution in [0.1, 0.15) is 32.9 Å². The van der Waals surface area contributed by atoms with Crippen LogP contribution in [0.2, 0.25) is 0 Å². The van der Waals surface area contributed by atoms with Crippen LogP contribution in [0.3, 0.4) is 0 Å². The molecule has 152 valence electrons. The van der Waals surface area contributed by atoms with Crippen molar-refractivity contribution in [2.45, 2.75) is 18.9 Å². The largest absolute Gasteiger partial charge is 0.349 e. The van der Waals surface area contributed by atoms with Crippen molar-refractivity contribution in [1.29, 1.82) is 0 Å².